The molecule has 0 fully saturated rings. The van der Waals surface area contributed by atoms with Gasteiger partial charge in [-0.15, -0.1) is 0 Å². The molecule has 0 spiro atoms. The van der Waals surface area contributed by atoms with Crippen LogP contribution in [-0.2, 0) is 0 Å². The van der Waals surface area contributed by atoms with Crippen LogP contribution >= 0.6 is 0 Å². The van der Waals surface area contributed by atoms with Gasteiger partial charge in [-0.1, -0.05) is 13.8 Å². The molecule has 0 radical (unpaired) electrons. The average Bonchev–Trinajstić information content (AvgIpc) is 1.65. The molecule has 0 rings (SSSR count). The predicted octanol–water partition coefficient (Wildman–Crippen LogP) is -2.17. The minimum atomic E-state index is 0. The molecule has 0 atom stereocenters. The standard InChI is InChI=1S/C4H10NO.Na/c1-3-5(6)4-2;/h3-4H2,1-2H3;/q-1;+1. The minimum absolute atomic E-state index is 0. The van der Waals surface area contributed by atoms with Crippen molar-refractivity contribution in [2.45, 2.75) is 13.8 Å². The first-order chi connectivity index (χ1) is 2.81. The van der Waals surface area contributed by atoms with Crippen molar-refractivity contribution in [1.29, 1.82) is 0 Å². The summed E-state index contributed by atoms with van der Waals surface area (Å²) in [6, 6.07) is 0. The van der Waals surface area contributed by atoms with Crippen molar-refractivity contribution in [3.05, 3.63) is 5.21 Å². The zero-order valence-electron chi connectivity index (χ0n) is 5.27. The maximum Gasteiger partial charge on any atom is 1.00 e. The summed E-state index contributed by atoms with van der Waals surface area (Å²) in [6.07, 6.45) is 0. The van der Waals surface area contributed by atoms with Crippen molar-refractivity contribution in [1.82, 2.24) is 5.06 Å². The first-order valence-electron chi connectivity index (χ1n) is 2.23. The molecule has 3 heteroatoms. The molecule has 0 aromatic carbocycles. The van der Waals surface area contributed by atoms with E-state index in [9.17, 15) is 5.21 Å². The summed E-state index contributed by atoms with van der Waals surface area (Å²) >= 11 is 0. The Kier molecular flexibility index (Phi) is 10.7. The van der Waals surface area contributed by atoms with E-state index in [1.165, 1.54) is 0 Å². The van der Waals surface area contributed by atoms with E-state index in [1.54, 1.807) is 0 Å². The van der Waals surface area contributed by atoms with Gasteiger partial charge in [0.25, 0.3) is 0 Å². The number of rotatable bonds is 2. The molecule has 0 heterocycles. The van der Waals surface area contributed by atoms with Crippen LogP contribution in [0.1, 0.15) is 13.8 Å². The molecule has 0 saturated carbocycles. The van der Waals surface area contributed by atoms with Crippen LogP contribution in [0.25, 0.3) is 0 Å². The Morgan fingerprint density at radius 2 is 1.57 bits per heavy atom. The van der Waals surface area contributed by atoms with E-state index in [4.69, 9.17) is 0 Å². The normalized spacial score (nSPS) is 8.57. The van der Waals surface area contributed by atoms with Gasteiger partial charge >= 0.3 is 29.6 Å². The molecule has 0 amide bonds. The van der Waals surface area contributed by atoms with Gasteiger partial charge in [-0.05, 0) is 13.1 Å². The second kappa shape index (κ2) is 6.92. The molecule has 0 aromatic heterocycles. The fourth-order valence-electron chi connectivity index (χ4n) is 0.224. The molecular weight excluding hydrogens is 101 g/mol. The number of hydrogen-bond donors (Lipinski definition) is 0. The van der Waals surface area contributed by atoms with Crippen LogP contribution < -0.4 is 29.6 Å². The molecule has 2 nitrogen and oxygen atoms in total. The summed E-state index contributed by atoms with van der Waals surface area (Å²) in [7, 11) is 0. The molecule has 7 heavy (non-hydrogen) atoms. The quantitative estimate of drug-likeness (QED) is 0.299. The molecule has 38 valence electrons. The molecule has 0 bridgehead atoms. The summed E-state index contributed by atoms with van der Waals surface area (Å²) in [5, 5.41) is 11.1. The molecular formula is C4H10NNaO. The van der Waals surface area contributed by atoms with Gasteiger partial charge < -0.3 is 10.3 Å². The van der Waals surface area contributed by atoms with Gasteiger partial charge in [-0.3, -0.25) is 0 Å². The van der Waals surface area contributed by atoms with Crippen molar-refractivity contribution in [3.63, 3.8) is 0 Å². The maximum atomic E-state index is 10.1. The Morgan fingerprint density at radius 1 is 1.29 bits per heavy atom. The Morgan fingerprint density at radius 3 is 1.57 bits per heavy atom. The van der Waals surface area contributed by atoms with E-state index < -0.39 is 0 Å². The summed E-state index contributed by atoms with van der Waals surface area (Å²) < 4.78 is 0. The van der Waals surface area contributed by atoms with Crippen molar-refractivity contribution in [2.75, 3.05) is 13.1 Å². The third-order valence-electron chi connectivity index (χ3n) is 0.705. The van der Waals surface area contributed by atoms with Crippen molar-refractivity contribution in [2.24, 2.45) is 0 Å². The van der Waals surface area contributed by atoms with Gasteiger partial charge in [-0.2, -0.15) is 0 Å². The van der Waals surface area contributed by atoms with Gasteiger partial charge in [0.2, 0.25) is 0 Å². The van der Waals surface area contributed by atoms with Crippen molar-refractivity contribution < 1.29 is 29.6 Å². The summed E-state index contributed by atoms with van der Waals surface area (Å²) in [6.45, 7) is 4.90. The Bertz CT molecular complexity index is 30.9. The third-order valence-corrected chi connectivity index (χ3v) is 0.705. The van der Waals surface area contributed by atoms with Crippen LogP contribution in [0.15, 0.2) is 0 Å². The molecule has 0 aliphatic carbocycles. The Hall–Kier alpha value is 0.920. The second-order valence-corrected chi connectivity index (χ2v) is 1.11. The molecule has 0 saturated heterocycles. The summed E-state index contributed by atoms with van der Waals surface area (Å²) in [4.78, 5) is 0. The SMILES string of the molecule is CCN([O-])CC.[Na+]. The van der Waals surface area contributed by atoms with E-state index >= 15 is 0 Å². The first kappa shape index (κ1) is 10.8. The van der Waals surface area contributed by atoms with Crippen LogP contribution in [0, 0.1) is 5.21 Å². The maximum absolute atomic E-state index is 10.1. The largest absolute Gasteiger partial charge is 1.00 e. The smallest absolute Gasteiger partial charge is 0.785 e. The number of hydroxylamine groups is 2. The zero-order chi connectivity index (χ0) is 4.99. The summed E-state index contributed by atoms with van der Waals surface area (Å²) in [5.41, 5.74) is 0. The van der Waals surface area contributed by atoms with Gasteiger partial charge in [0.05, 0.1) is 0 Å². The van der Waals surface area contributed by atoms with E-state index in [1.807, 2.05) is 13.8 Å². The first-order valence-corrected chi connectivity index (χ1v) is 2.23. The Labute approximate surface area is 66.8 Å². The van der Waals surface area contributed by atoms with E-state index in [-0.39, 0.29) is 29.6 Å². The topological polar surface area (TPSA) is 26.3 Å². The predicted molar refractivity (Wildman–Crippen MR) is 26.3 cm³/mol. The summed E-state index contributed by atoms with van der Waals surface area (Å²) in [5.74, 6) is 0. The van der Waals surface area contributed by atoms with E-state index in [2.05, 4.69) is 0 Å². The zero-order valence-corrected chi connectivity index (χ0v) is 7.27. The second-order valence-electron chi connectivity index (χ2n) is 1.11. The van der Waals surface area contributed by atoms with Crippen LogP contribution in [0.3, 0.4) is 0 Å². The number of hydrogen-bond acceptors (Lipinski definition) is 2. The fraction of sp³-hybridized carbons (Fsp3) is 1.00. The Balaban J connectivity index is 0. The van der Waals surface area contributed by atoms with Gasteiger partial charge in [0.1, 0.15) is 0 Å². The van der Waals surface area contributed by atoms with Crippen LogP contribution in [0.2, 0.25) is 0 Å². The van der Waals surface area contributed by atoms with E-state index in [0.717, 1.165) is 5.06 Å². The van der Waals surface area contributed by atoms with Crippen molar-refractivity contribution in [3.8, 4) is 0 Å². The fourth-order valence-corrected chi connectivity index (χ4v) is 0.224. The molecule has 0 aliphatic rings. The van der Waals surface area contributed by atoms with Gasteiger partial charge in [0.15, 0.2) is 0 Å². The minimum Gasteiger partial charge on any atom is -0.785 e. The van der Waals surface area contributed by atoms with Crippen LogP contribution in [-0.4, -0.2) is 18.2 Å². The van der Waals surface area contributed by atoms with Gasteiger partial charge in [-0.25, -0.2) is 0 Å². The van der Waals surface area contributed by atoms with Crippen LogP contribution in [0.4, 0.5) is 0 Å². The molecule has 0 unspecified atom stereocenters. The molecule has 0 aliphatic heterocycles. The van der Waals surface area contributed by atoms with E-state index in [0.29, 0.717) is 13.1 Å². The monoisotopic (exact) mass is 111 g/mol. The third kappa shape index (κ3) is 6.92. The van der Waals surface area contributed by atoms with Crippen LogP contribution in [0.5, 0.6) is 0 Å². The molecule has 0 N–H and O–H groups in total. The average molecular weight is 111 g/mol. The number of nitrogens with zero attached hydrogens (tertiary/aromatic N) is 1. The van der Waals surface area contributed by atoms with Gasteiger partial charge in [0, 0.05) is 0 Å². The van der Waals surface area contributed by atoms with Crippen molar-refractivity contribution >= 4 is 0 Å². The molecule has 0 aromatic rings.